The van der Waals surface area contributed by atoms with Gasteiger partial charge in [-0.3, -0.25) is 24.4 Å². The Hall–Kier alpha value is -3.29. The molecule has 2 aromatic rings. The van der Waals surface area contributed by atoms with Gasteiger partial charge in [0.05, 0.1) is 0 Å². The molecule has 162 valence electrons. The van der Waals surface area contributed by atoms with Gasteiger partial charge in [-0.2, -0.15) is 0 Å². The van der Waals surface area contributed by atoms with E-state index in [2.05, 4.69) is 15.3 Å². The molecule has 2 rings (SSSR count). The van der Waals surface area contributed by atoms with Crippen molar-refractivity contribution in [2.45, 2.75) is 51.4 Å². The number of amides is 2. The summed E-state index contributed by atoms with van der Waals surface area (Å²) < 4.78 is 0. The molecular formula is C22H30N4O4. The number of aliphatic carboxylic acids is 1. The Balaban J connectivity index is 0.000000346. The largest absolute Gasteiger partial charge is 0.481 e. The van der Waals surface area contributed by atoms with Crippen LogP contribution in [0.1, 0.15) is 49.7 Å². The van der Waals surface area contributed by atoms with Crippen molar-refractivity contribution in [1.29, 1.82) is 0 Å². The van der Waals surface area contributed by atoms with Crippen LogP contribution in [0.4, 0.5) is 0 Å². The second-order valence-corrected chi connectivity index (χ2v) is 6.74. The highest BCUT2D eigenvalue weighted by molar-refractivity contribution is 5.76. The maximum absolute atomic E-state index is 11.5. The lowest BCUT2D eigenvalue weighted by atomic mass is 10.1. The molecule has 8 heteroatoms. The van der Waals surface area contributed by atoms with Crippen LogP contribution in [0, 0.1) is 0 Å². The van der Waals surface area contributed by atoms with Gasteiger partial charge in [0.15, 0.2) is 0 Å². The second kappa shape index (κ2) is 15.6. The van der Waals surface area contributed by atoms with Crippen LogP contribution in [-0.2, 0) is 27.2 Å². The summed E-state index contributed by atoms with van der Waals surface area (Å²) in [7, 11) is 0. The summed E-state index contributed by atoms with van der Waals surface area (Å²) >= 11 is 0. The van der Waals surface area contributed by atoms with Crippen LogP contribution in [0.25, 0.3) is 0 Å². The first-order valence-electron chi connectivity index (χ1n) is 10.0. The van der Waals surface area contributed by atoms with Crippen LogP contribution >= 0.6 is 0 Å². The van der Waals surface area contributed by atoms with E-state index >= 15 is 0 Å². The van der Waals surface area contributed by atoms with E-state index in [1.165, 1.54) is 0 Å². The van der Waals surface area contributed by atoms with E-state index in [0.29, 0.717) is 38.6 Å². The summed E-state index contributed by atoms with van der Waals surface area (Å²) in [4.78, 5) is 40.1. The van der Waals surface area contributed by atoms with Crippen molar-refractivity contribution in [3.8, 4) is 0 Å². The van der Waals surface area contributed by atoms with Crippen LogP contribution in [0.3, 0.4) is 0 Å². The molecule has 0 aliphatic heterocycles. The van der Waals surface area contributed by atoms with Gasteiger partial charge >= 0.3 is 5.97 Å². The number of aromatic nitrogens is 2. The van der Waals surface area contributed by atoms with E-state index in [4.69, 9.17) is 10.8 Å². The van der Waals surface area contributed by atoms with E-state index in [1.54, 1.807) is 24.8 Å². The van der Waals surface area contributed by atoms with Gasteiger partial charge in [0.25, 0.3) is 0 Å². The molecule has 0 aliphatic carbocycles. The molecule has 4 N–H and O–H groups in total. The van der Waals surface area contributed by atoms with E-state index in [1.807, 2.05) is 24.3 Å². The third-order valence-corrected chi connectivity index (χ3v) is 4.14. The predicted molar refractivity (Wildman–Crippen MR) is 113 cm³/mol. The number of hydrogen-bond donors (Lipinski definition) is 3. The zero-order valence-corrected chi connectivity index (χ0v) is 17.1. The van der Waals surface area contributed by atoms with Crippen LogP contribution < -0.4 is 11.1 Å². The molecule has 0 aliphatic rings. The SMILES string of the molecule is NC(=O)CCc1cccnc1.O=C(O)CCCCCNC(=O)CCc1cccnc1. The number of nitrogens with zero attached hydrogens (tertiary/aromatic N) is 2. The summed E-state index contributed by atoms with van der Waals surface area (Å²) in [6.07, 6.45) is 11.7. The number of carbonyl (C=O) groups is 3. The van der Waals surface area contributed by atoms with Crippen molar-refractivity contribution in [3.63, 3.8) is 0 Å². The average Bonchev–Trinajstić information content (AvgIpc) is 2.75. The Bertz CT molecular complexity index is 754. The fraction of sp³-hybridized carbons (Fsp3) is 0.409. The Morgan fingerprint density at radius 3 is 1.97 bits per heavy atom. The van der Waals surface area contributed by atoms with Gasteiger partial charge in [0.1, 0.15) is 0 Å². The minimum Gasteiger partial charge on any atom is -0.481 e. The maximum Gasteiger partial charge on any atom is 0.303 e. The Morgan fingerprint density at radius 2 is 1.47 bits per heavy atom. The van der Waals surface area contributed by atoms with Crippen molar-refractivity contribution in [1.82, 2.24) is 15.3 Å². The first kappa shape index (κ1) is 24.7. The number of hydrogen-bond acceptors (Lipinski definition) is 5. The normalized spacial score (nSPS) is 9.87. The highest BCUT2D eigenvalue weighted by Crippen LogP contribution is 2.01. The quantitative estimate of drug-likeness (QED) is 0.456. The topological polar surface area (TPSA) is 135 Å². The smallest absolute Gasteiger partial charge is 0.303 e. The minimum atomic E-state index is -0.763. The van der Waals surface area contributed by atoms with Crippen molar-refractivity contribution in [3.05, 3.63) is 60.2 Å². The monoisotopic (exact) mass is 414 g/mol. The molecule has 8 nitrogen and oxygen atoms in total. The van der Waals surface area contributed by atoms with Crippen LogP contribution in [0.5, 0.6) is 0 Å². The molecule has 0 atom stereocenters. The number of carbonyl (C=O) groups excluding carboxylic acids is 2. The lowest BCUT2D eigenvalue weighted by Crippen LogP contribution is -2.24. The number of carboxylic acids is 1. The molecule has 0 radical (unpaired) electrons. The van der Waals surface area contributed by atoms with E-state index in [-0.39, 0.29) is 18.2 Å². The number of unbranched alkanes of at least 4 members (excludes halogenated alkanes) is 2. The highest BCUT2D eigenvalue weighted by Gasteiger charge is 2.02. The molecule has 30 heavy (non-hydrogen) atoms. The molecule has 0 spiro atoms. The Kier molecular flexibility index (Phi) is 12.9. The lowest BCUT2D eigenvalue weighted by Gasteiger charge is -2.04. The number of nitrogens with two attached hydrogens (primary N) is 1. The van der Waals surface area contributed by atoms with E-state index in [9.17, 15) is 14.4 Å². The van der Waals surface area contributed by atoms with Gasteiger partial charge in [-0.15, -0.1) is 0 Å². The summed E-state index contributed by atoms with van der Waals surface area (Å²) in [5.41, 5.74) is 7.08. The van der Waals surface area contributed by atoms with E-state index < -0.39 is 5.97 Å². The number of aryl methyl sites for hydroxylation is 2. The van der Waals surface area contributed by atoms with Crippen molar-refractivity contribution in [2.75, 3.05) is 6.54 Å². The zero-order chi connectivity index (χ0) is 22.0. The van der Waals surface area contributed by atoms with Crippen molar-refractivity contribution >= 4 is 17.8 Å². The summed E-state index contributed by atoms with van der Waals surface area (Å²) in [5.74, 6) is -1.00. The molecule has 2 aromatic heterocycles. The number of pyridine rings is 2. The van der Waals surface area contributed by atoms with Crippen LogP contribution in [0.15, 0.2) is 49.1 Å². The van der Waals surface area contributed by atoms with Gasteiger partial charge < -0.3 is 16.2 Å². The second-order valence-electron chi connectivity index (χ2n) is 6.74. The van der Waals surface area contributed by atoms with Crippen LogP contribution in [0.2, 0.25) is 0 Å². The Labute approximate surface area is 176 Å². The summed E-state index contributed by atoms with van der Waals surface area (Å²) in [6.45, 7) is 0.617. The molecule has 0 saturated carbocycles. The van der Waals surface area contributed by atoms with Gasteiger partial charge in [0.2, 0.25) is 11.8 Å². The van der Waals surface area contributed by atoms with Crippen molar-refractivity contribution in [2.24, 2.45) is 5.73 Å². The molecule has 0 bridgehead atoms. The summed E-state index contributed by atoms with van der Waals surface area (Å²) in [6, 6.07) is 7.58. The van der Waals surface area contributed by atoms with Gasteiger partial charge in [-0.05, 0) is 48.9 Å². The van der Waals surface area contributed by atoms with E-state index in [0.717, 1.165) is 24.0 Å². The lowest BCUT2D eigenvalue weighted by molar-refractivity contribution is -0.137. The molecule has 0 fully saturated rings. The van der Waals surface area contributed by atoms with Crippen molar-refractivity contribution < 1.29 is 19.5 Å². The first-order chi connectivity index (χ1) is 14.5. The number of rotatable bonds is 12. The first-order valence-corrected chi connectivity index (χ1v) is 10.0. The van der Waals surface area contributed by atoms with Gasteiger partial charge in [-0.25, -0.2) is 0 Å². The fourth-order valence-corrected chi connectivity index (χ4v) is 2.51. The maximum atomic E-state index is 11.5. The zero-order valence-electron chi connectivity index (χ0n) is 17.1. The third kappa shape index (κ3) is 13.8. The summed E-state index contributed by atoms with van der Waals surface area (Å²) in [5, 5.41) is 11.3. The highest BCUT2D eigenvalue weighted by atomic mass is 16.4. The van der Waals surface area contributed by atoms with Gasteiger partial charge in [-0.1, -0.05) is 18.6 Å². The molecular weight excluding hydrogens is 384 g/mol. The number of carboxylic acid groups (broad SMARTS) is 1. The molecule has 0 saturated heterocycles. The third-order valence-electron chi connectivity index (χ3n) is 4.14. The average molecular weight is 415 g/mol. The molecule has 0 unspecified atom stereocenters. The molecule has 0 aromatic carbocycles. The number of primary amides is 1. The standard InChI is InChI=1S/C14H20N2O3.C8H10N2O/c17-13(8-7-12-5-4-9-15-11-12)16-10-3-1-2-6-14(18)19;9-8(11)4-3-7-2-1-5-10-6-7/h4-5,9,11H,1-3,6-8,10H2,(H,16,17)(H,18,19);1-2,5-6H,3-4H2,(H2,9,11). The predicted octanol–water partition coefficient (Wildman–Crippen LogP) is 2.27. The van der Waals surface area contributed by atoms with Crippen LogP contribution in [-0.4, -0.2) is 39.4 Å². The number of nitrogens with one attached hydrogen (secondary N) is 1. The molecule has 2 amide bonds. The minimum absolute atomic E-state index is 0.0297. The van der Waals surface area contributed by atoms with Gasteiger partial charge in [0, 0.05) is 50.6 Å². The fourth-order valence-electron chi connectivity index (χ4n) is 2.51. The Morgan fingerprint density at radius 1 is 0.867 bits per heavy atom. The molecule has 2 heterocycles.